The highest BCUT2D eigenvalue weighted by Crippen LogP contribution is 2.24. The third-order valence-electron chi connectivity index (χ3n) is 3.33. The van der Waals surface area contributed by atoms with E-state index in [0.29, 0.717) is 32.5 Å². The minimum atomic E-state index is -4.43. The monoisotopic (exact) mass is 293 g/mol. The van der Waals surface area contributed by atoms with E-state index >= 15 is 0 Å². The van der Waals surface area contributed by atoms with E-state index in [1.165, 1.54) is 0 Å². The maximum atomic E-state index is 12.7. The van der Waals surface area contributed by atoms with Gasteiger partial charge in [-0.1, -0.05) is 0 Å². The first kappa shape index (κ1) is 15.2. The van der Waals surface area contributed by atoms with Gasteiger partial charge in [-0.3, -0.25) is 4.79 Å². The number of hydrogen-bond acceptors (Lipinski definition) is 3. The molecule has 0 aromatic carbocycles. The van der Waals surface area contributed by atoms with Crippen LogP contribution in [0.15, 0.2) is 11.8 Å². The lowest BCUT2D eigenvalue weighted by Gasteiger charge is -2.35. The van der Waals surface area contributed by atoms with E-state index in [2.05, 4.69) is 0 Å². The second-order valence-corrected chi connectivity index (χ2v) is 4.98. The highest BCUT2D eigenvalue weighted by molar-refractivity contribution is 5.91. The fraction of sp³-hybridized carbons (Fsp3) is 0.769. The van der Waals surface area contributed by atoms with E-state index in [0.717, 1.165) is 11.3 Å². The molecule has 20 heavy (non-hydrogen) atoms. The first-order valence-corrected chi connectivity index (χ1v) is 6.76. The molecule has 0 saturated carbocycles. The Kier molecular flexibility index (Phi) is 4.91. The SMILES string of the molecule is O=C(C1=CCCCO1)N(CC(F)(F)F)C1CCCOC1. The minimum Gasteiger partial charge on any atom is -0.488 e. The lowest BCUT2D eigenvalue weighted by Crippen LogP contribution is -2.49. The van der Waals surface area contributed by atoms with E-state index in [1.54, 1.807) is 6.08 Å². The molecule has 114 valence electrons. The molecule has 0 spiro atoms. The second kappa shape index (κ2) is 6.47. The van der Waals surface area contributed by atoms with Crippen molar-refractivity contribution in [3.63, 3.8) is 0 Å². The molecule has 2 aliphatic rings. The van der Waals surface area contributed by atoms with Crippen molar-refractivity contribution in [2.45, 2.75) is 37.9 Å². The van der Waals surface area contributed by atoms with Crippen LogP contribution in [0.5, 0.6) is 0 Å². The van der Waals surface area contributed by atoms with Crippen LogP contribution in [0, 0.1) is 0 Å². The van der Waals surface area contributed by atoms with Crippen molar-refractivity contribution < 1.29 is 27.4 Å². The third kappa shape index (κ3) is 4.13. The molecule has 0 radical (unpaired) electrons. The Morgan fingerprint density at radius 2 is 2.15 bits per heavy atom. The topological polar surface area (TPSA) is 38.8 Å². The number of halogens is 3. The Hall–Kier alpha value is -1.24. The molecule has 1 fully saturated rings. The predicted octanol–water partition coefficient (Wildman–Crippen LogP) is 2.25. The first-order chi connectivity index (χ1) is 9.47. The lowest BCUT2D eigenvalue weighted by molar-refractivity contribution is -0.169. The van der Waals surface area contributed by atoms with E-state index in [9.17, 15) is 18.0 Å². The van der Waals surface area contributed by atoms with Crippen LogP contribution in [0.3, 0.4) is 0 Å². The van der Waals surface area contributed by atoms with Crippen molar-refractivity contribution >= 4 is 5.91 Å². The molecule has 1 atom stereocenters. The highest BCUT2D eigenvalue weighted by atomic mass is 19.4. The van der Waals surface area contributed by atoms with Crippen LogP contribution < -0.4 is 0 Å². The van der Waals surface area contributed by atoms with Crippen molar-refractivity contribution in [2.24, 2.45) is 0 Å². The summed E-state index contributed by atoms with van der Waals surface area (Å²) in [5.74, 6) is -0.649. The van der Waals surface area contributed by atoms with Gasteiger partial charge in [0, 0.05) is 6.61 Å². The number of rotatable bonds is 3. The Labute approximate surface area is 115 Å². The van der Waals surface area contributed by atoms with E-state index in [-0.39, 0.29) is 12.4 Å². The fourth-order valence-corrected chi connectivity index (χ4v) is 2.38. The van der Waals surface area contributed by atoms with Gasteiger partial charge in [0.25, 0.3) is 5.91 Å². The molecular weight excluding hydrogens is 275 g/mol. The van der Waals surface area contributed by atoms with Gasteiger partial charge in [0.15, 0.2) is 5.76 Å². The van der Waals surface area contributed by atoms with Gasteiger partial charge in [0.2, 0.25) is 0 Å². The van der Waals surface area contributed by atoms with Crippen molar-refractivity contribution in [1.29, 1.82) is 0 Å². The standard InChI is InChI=1S/C13H18F3NO3/c14-13(15,16)9-17(10-4-3-6-19-8-10)12(18)11-5-1-2-7-20-11/h5,10H,1-4,6-9H2. The van der Waals surface area contributed by atoms with Crippen LogP contribution in [0.4, 0.5) is 13.2 Å². The number of carbonyl (C=O) groups is 1. The van der Waals surface area contributed by atoms with Crippen LogP contribution in [0.1, 0.15) is 25.7 Å². The molecule has 1 saturated heterocycles. The summed E-state index contributed by atoms with van der Waals surface area (Å²) in [5, 5.41) is 0. The van der Waals surface area contributed by atoms with Gasteiger partial charge in [0.1, 0.15) is 6.54 Å². The van der Waals surface area contributed by atoms with Gasteiger partial charge >= 0.3 is 6.18 Å². The largest absolute Gasteiger partial charge is 0.488 e. The Bertz CT molecular complexity index is 376. The average molecular weight is 293 g/mol. The van der Waals surface area contributed by atoms with Crippen molar-refractivity contribution in [1.82, 2.24) is 4.90 Å². The summed E-state index contributed by atoms with van der Waals surface area (Å²) in [7, 11) is 0. The molecule has 2 heterocycles. The van der Waals surface area contributed by atoms with Crippen LogP contribution in [0.2, 0.25) is 0 Å². The van der Waals surface area contributed by atoms with E-state index in [1.807, 2.05) is 0 Å². The summed E-state index contributed by atoms with van der Waals surface area (Å²) in [6, 6.07) is -0.538. The van der Waals surface area contributed by atoms with Gasteiger partial charge in [0.05, 0.1) is 19.3 Å². The molecule has 0 aromatic rings. The summed E-state index contributed by atoms with van der Waals surface area (Å²) in [6.45, 7) is -0.210. The third-order valence-corrected chi connectivity index (χ3v) is 3.33. The Balaban J connectivity index is 2.11. The number of hydrogen-bond donors (Lipinski definition) is 0. The molecule has 0 aromatic heterocycles. The number of nitrogens with zero attached hydrogens (tertiary/aromatic N) is 1. The van der Waals surface area contributed by atoms with Crippen LogP contribution in [0.25, 0.3) is 0 Å². The van der Waals surface area contributed by atoms with Gasteiger partial charge in [-0.25, -0.2) is 0 Å². The molecule has 7 heteroatoms. The normalized spacial score (nSPS) is 23.8. The first-order valence-electron chi connectivity index (χ1n) is 6.76. The van der Waals surface area contributed by atoms with Crippen LogP contribution in [-0.4, -0.2) is 49.4 Å². The molecule has 1 amide bonds. The van der Waals surface area contributed by atoms with Crippen LogP contribution in [-0.2, 0) is 14.3 Å². The van der Waals surface area contributed by atoms with Crippen molar-refractivity contribution in [3.8, 4) is 0 Å². The zero-order valence-electron chi connectivity index (χ0n) is 11.1. The van der Waals surface area contributed by atoms with Gasteiger partial charge in [-0.2, -0.15) is 13.2 Å². The predicted molar refractivity (Wildman–Crippen MR) is 64.9 cm³/mol. The molecule has 0 N–H and O–H groups in total. The Morgan fingerprint density at radius 3 is 2.70 bits per heavy atom. The zero-order valence-corrected chi connectivity index (χ0v) is 11.1. The number of allylic oxidation sites excluding steroid dienone is 1. The van der Waals surface area contributed by atoms with Crippen molar-refractivity contribution in [3.05, 3.63) is 11.8 Å². The number of carbonyl (C=O) groups excluding carboxylic acids is 1. The van der Waals surface area contributed by atoms with Gasteiger partial charge in [-0.15, -0.1) is 0 Å². The molecule has 2 aliphatic heterocycles. The summed E-state index contributed by atoms with van der Waals surface area (Å²) < 4.78 is 48.5. The molecule has 4 nitrogen and oxygen atoms in total. The summed E-state index contributed by atoms with van der Waals surface area (Å²) in [4.78, 5) is 13.1. The maximum absolute atomic E-state index is 12.7. The summed E-state index contributed by atoms with van der Waals surface area (Å²) >= 11 is 0. The maximum Gasteiger partial charge on any atom is 0.406 e. The Morgan fingerprint density at radius 1 is 1.35 bits per heavy atom. The molecule has 2 rings (SSSR count). The zero-order chi connectivity index (χ0) is 14.6. The average Bonchev–Trinajstić information content (AvgIpc) is 2.45. The summed E-state index contributed by atoms with van der Waals surface area (Å²) in [5.41, 5.74) is 0. The molecule has 0 aliphatic carbocycles. The fourth-order valence-electron chi connectivity index (χ4n) is 2.38. The smallest absolute Gasteiger partial charge is 0.406 e. The highest BCUT2D eigenvalue weighted by Gasteiger charge is 2.38. The van der Waals surface area contributed by atoms with Gasteiger partial charge < -0.3 is 14.4 Å². The number of amides is 1. The lowest BCUT2D eigenvalue weighted by atomic mass is 10.1. The number of ether oxygens (including phenoxy) is 2. The van der Waals surface area contributed by atoms with E-state index in [4.69, 9.17) is 9.47 Å². The minimum absolute atomic E-state index is 0.0334. The quantitative estimate of drug-likeness (QED) is 0.801. The second-order valence-electron chi connectivity index (χ2n) is 4.98. The molecular formula is C13H18F3NO3. The van der Waals surface area contributed by atoms with Gasteiger partial charge in [-0.05, 0) is 31.8 Å². The number of alkyl halides is 3. The van der Waals surface area contributed by atoms with Crippen molar-refractivity contribution in [2.75, 3.05) is 26.4 Å². The molecule has 0 bridgehead atoms. The summed E-state index contributed by atoms with van der Waals surface area (Å²) in [6.07, 6.45) is -0.243. The van der Waals surface area contributed by atoms with E-state index < -0.39 is 24.7 Å². The van der Waals surface area contributed by atoms with Crippen LogP contribution >= 0.6 is 0 Å². The molecule has 1 unspecified atom stereocenters.